The van der Waals surface area contributed by atoms with Gasteiger partial charge in [0.2, 0.25) is 6.41 Å². The number of thiophene rings is 1. The molecule has 0 aliphatic heterocycles. The van der Waals surface area contributed by atoms with Crippen molar-refractivity contribution in [1.29, 1.82) is 0 Å². The number of anilines is 2. The second kappa shape index (κ2) is 4.99. The third-order valence-electron chi connectivity index (χ3n) is 2.01. The predicted octanol–water partition coefficient (Wildman–Crippen LogP) is 4.46. The Morgan fingerprint density at radius 1 is 1.25 bits per heavy atom. The van der Waals surface area contributed by atoms with Gasteiger partial charge in [-0.25, -0.2) is 0 Å². The first kappa shape index (κ1) is 11.6. The van der Waals surface area contributed by atoms with Gasteiger partial charge in [-0.15, -0.1) is 11.3 Å². The van der Waals surface area contributed by atoms with E-state index < -0.39 is 0 Å². The van der Waals surface area contributed by atoms with Gasteiger partial charge in [-0.1, -0.05) is 23.7 Å². The number of amides is 1. The van der Waals surface area contributed by atoms with E-state index in [0.717, 1.165) is 15.2 Å². The van der Waals surface area contributed by atoms with E-state index in [0.29, 0.717) is 10.7 Å². The SMILES string of the molecule is O=CN(c1ccc(Br)s1)c1ccccc1Cl. The summed E-state index contributed by atoms with van der Waals surface area (Å²) >= 11 is 10.9. The van der Waals surface area contributed by atoms with Crippen LogP contribution in [0.4, 0.5) is 10.7 Å². The zero-order chi connectivity index (χ0) is 11.5. The third kappa shape index (κ3) is 2.29. The number of benzene rings is 1. The standard InChI is InChI=1S/C11H7BrClNOS/c12-10-5-6-11(16-10)14(7-15)9-4-2-1-3-8(9)13/h1-7H. The van der Waals surface area contributed by atoms with E-state index in [-0.39, 0.29) is 0 Å². The summed E-state index contributed by atoms with van der Waals surface area (Å²) in [6, 6.07) is 11.0. The van der Waals surface area contributed by atoms with Crippen LogP contribution in [-0.4, -0.2) is 6.41 Å². The summed E-state index contributed by atoms with van der Waals surface area (Å²) in [5.41, 5.74) is 0.688. The van der Waals surface area contributed by atoms with Crippen LogP contribution in [-0.2, 0) is 4.79 Å². The van der Waals surface area contributed by atoms with E-state index in [4.69, 9.17) is 11.6 Å². The largest absolute Gasteiger partial charge is 0.278 e. The number of nitrogens with zero attached hydrogens (tertiary/aromatic N) is 1. The normalized spacial score (nSPS) is 10.1. The lowest BCUT2D eigenvalue weighted by Gasteiger charge is -2.16. The third-order valence-corrected chi connectivity index (χ3v) is 3.96. The Balaban J connectivity index is 2.44. The van der Waals surface area contributed by atoms with Gasteiger partial charge in [0.25, 0.3) is 0 Å². The molecular weight excluding hydrogens is 310 g/mol. The Bertz CT molecular complexity index is 514. The molecule has 0 fully saturated rings. The van der Waals surface area contributed by atoms with Crippen LogP contribution < -0.4 is 4.90 Å². The number of rotatable bonds is 3. The van der Waals surface area contributed by atoms with Crippen LogP contribution in [0.3, 0.4) is 0 Å². The van der Waals surface area contributed by atoms with Crippen LogP contribution in [0.25, 0.3) is 0 Å². The van der Waals surface area contributed by atoms with Crippen molar-refractivity contribution >= 4 is 56.0 Å². The lowest BCUT2D eigenvalue weighted by atomic mass is 10.3. The second-order valence-electron chi connectivity index (χ2n) is 3.00. The van der Waals surface area contributed by atoms with Crippen LogP contribution in [0.15, 0.2) is 40.2 Å². The molecule has 1 aromatic heterocycles. The number of carbonyl (C=O) groups is 1. The van der Waals surface area contributed by atoms with E-state index in [9.17, 15) is 4.79 Å². The van der Waals surface area contributed by atoms with Gasteiger partial charge >= 0.3 is 0 Å². The summed E-state index contributed by atoms with van der Waals surface area (Å²) in [5.74, 6) is 0. The Kier molecular flexibility index (Phi) is 3.63. The molecule has 0 atom stereocenters. The molecule has 0 unspecified atom stereocenters. The van der Waals surface area contributed by atoms with Crippen LogP contribution in [0, 0.1) is 0 Å². The molecule has 0 saturated heterocycles. The highest BCUT2D eigenvalue weighted by atomic mass is 79.9. The molecule has 82 valence electrons. The first-order valence-electron chi connectivity index (χ1n) is 4.47. The van der Waals surface area contributed by atoms with Crippen LogP contribution in [0.1, 0.15) is 0 Å². The first-order chi connectivity index (χ1) is 7.72. The molecule has 5 heteroatoms. The average Bonchev–Trinajstić information content (AvgIpc) is 2.69. The first-order valence-corrected chi connectivity index (χ1v) is 6.45. The smallest absolute Gasteiger partial charge is 0.219 e. The Morgan fingerprint density at radius 2 is 2.00 bits per heavy atom. The summed E-state index contributed by atoms with van der Waals surface area (Å²) < 4.78 is 0.974. The van der Waals surface area contributed by atoms with Gasteiger partial charge in [0, 0.05) is 0 Å². The molecule has 0 aliphatic rings. The minimum Gasteiger partial charge on any atom is -0.278 e. The number of halogens is 2. The topological polar surface area (TPSA) is 20.3 Å². The maximum absolute atomic E-state index is 11.1. The fraction of sp³-hybridized carbons (Fsp3) is 0. The molecule has 0 aliphatic carbocycles. The number of hydrogen-bond donors (Lipinski definition) is 0. The van der Waals surface area contributed by atoms with Gasteiger partial charge in [0.15, 0.2) is 0 Å². The molecule has 2 nitrogen and oxygen atoms in total. The molecule has 1 aromatic carbocycles. The quantitative estimate of drug-likeness (QED) is 0.766. The molecule has 2 aromatic rings. The summed E-state index contributed by atoms with van der Waals surface area (Å²) in [4.78, 5) is 12.7. The van der Waals surface area contributed by atoms with Gasteiger partial charge in [-0.2, -0.15) is 0 Å². The molecule has 0 saturated carbocycles. The lowest BCUT2D eigenvalue weighted by molar-refractivity contribution is -0.106. The Hall–Kier alpha value is -0.840. The molecule has 0 radical (unpaired) electrons. The molecule has 2 rings (SSSR count). The van der Waals surface area contributed by atoms with E-state index >= 15 is 0 Å². The number of para-hydroxylation sites is 1. The molecule has 1 heterocycles. The van der Waals surface area contributed by atoms with E-state index in [1.165, 1.54) is 16.2 Å². The van der Waals surface area contributed by atoms with Crippen molar-refractivity contribution in [2.24, 2.45) is 0 Å². The summed E-state index contributed by atoms with van der Waals surface area (Å²) in [5, 5.41) is 1.38. The van der Waals surface area contributed by atoms with Gasteiger partial charge in [-0.05, 0) is 40.2 Å². The fourth-order valence-corrected chi connectivity index (χ4v) is 2.88. The van der Waals surface area contributed by atoms with Crippen molar-refractivity contribution < 1.29 is 4.79 Å². The molecule has 0 bridgehead atoms. The molecular formula is C11H7BrClNOS. The van der Waals surface area contributed by atoms with Crippen LogP contribution in [0.5, 0.6) is 0 Å². The zero-order valence-electron chi connectivity index (χ0n) is 8.06. The van der Waals surface area contributed by atoms with Gasteiger partial charge < -0.3 is 0 Å². The molecule has 1 amide bonds. The zero-order valence-corrected chi connectivity index (χ0v) is 11.2. The maximum Gasteiger partial charge on any atom is 0.219 e. The van der Waals surface area contributed by atoms with Crippen LogP contribution in [0.2, 0.25) is 5.02 Å². The maximum atomic E-state index is 11.1. The monoisotopic (exact) mass is 315 g/mol. The van der Waals surface area contributed by atoms with Crippen molar-refractivity contribution in [1.82, 2.24) is 0 Å². The van der Waals surface area contributed by atoms with E-state index in [1.54, 1.807) is 6.07 Å². The number of carbonyl (C=O) groups excluding carboxylic acids is 1. The number of hydrogen-bond acceptors (Lipinski definition) is 2. The van der Waals surface area contributed by atoms with Crippen molar-refractivity contribution in [3.63, 3.8) is 0 Å². The molecule has 16 heavy (non-hydrogen) atoms. The van der Waals surface area contributed by atoms with Crippen molar-refractivity contribution in [3.8, 4) is 0 Å². The summed E-state index contributed by atoms with van der Waals surface area (Å²) in [6.07, 6.45) is 0.763. The highest BCUT2D eigenvalue weighted by Gasteiger charge is 2.12. The van der Waals surface area contributed by atoms with E-state index in [2.05, 4.69) is 15.9 Å². The van der Waals surface area contributed by atoms with Crippen molar-refractivity contribution in [3.05, 3.63) is 45.2 Å². The van der Waals surface area contributed by atoms with Gasteiger partial charge in [0.05, 0.1) is 14.5 Å². The van der Waals surface area contributed by atoms with Crippen molar-refractivity contribution in [2.75, 3.05) is 4.90 Å². The van der Waals surface area contributed by atoms with Gasteiger partial charge in [0.1, 0.15) is 5.00 Å². The average molecular weight is 317 g/mol. The lowest BCUT2D eigenvalue weighted by Crippen LogP contribution is -2.12. The van der Waals surface area contributed by atoms with E-state index in [1.807, 2.05) is 30.3 Å². The van der Waals surface area contributed by atoms with Crippen molar-refractivity contribution in [2.45, 2.75) is 0 Å². The summed E-state index contributed by atoms with van der Waals surface area (Å²) in [6.45, 7) is 0. The minimum atomic E-state index is 0.555. The molecule has 0 N–H and O–H groups in total. The minimum absolute atomic E-state index is 0.555. The highest BCUT2D eigenvalue weighted by molar-refractivity contribution is 9.11. The van der Waals surface area contributed by atoms with Gasteiger partial charge in [-0.3, -0.25) is 9.69 Å². The predicted molar refractivity (Wildman–Crippen MR) is 71.7 cm³/mol. The Labute approximate surface area is 111 Å². The summed E-state index contributed by atoms with van der Waals surface area (Å²) in [7, 11) is 0. The highest BCUT2D eigenvalue weighted by Crippen LogP contribution is 2.36. The van der Waals surface area contributed by atoms with Crippen LogP contribution >= 0.6 is 38.9 Å². The second-order valence-corrected chi connectivity index (χ2v) is 5.85. The molecule has 0 spiro atoms. The fourth-order valence-electron chi connectivity index (χ4n) is 1.31. The Morgan fingerprint density at radius 3 is 2.56 bits per heavy atom.